The van der Waals surface area contributed by atoms with Crippen molar-refractivity contribution in [2.45, 2.75) is 17.9 Å². The largest absolute Gasteiger partial charge is 0.320 e. The second-order valence-corrected chi connectivity index (χ2v) is 6.96. The summed E-state index contributed by atoms with van der Waals surface area (Å²) >= 11 is 3.25. The Hall–Kier alpha value is -1.45. The molecule has 114 valence electrons. The van der Waals surface area contributed by atoms with Gasteiger partial charge >= 0.3 is 0 Å². The number of aryl methyl sites for hydroxylation is 1. The quantitative estimate of drug-likeness (QED) is 0.717. The Morgan fingerprint density at radius 3 is 2.81 bits per heavy atom. The van der Waals surface area contributed by atoms with Crippen molar-refractivity contribution in [3.8, 4) is 0 Å². The van der Waals surface area contributed by atoms with Crippen LogP contribution in [0.25, 0.3) is 0 Å². The lowest BCUT2D eigenvalue weighted by Crippen LogP contribution is -2.13. The number of anilines is 1. The molecule has 0 radical (unpaired) electrons. The summed E-state index contributed by atoms with van der Waals surface area (Å²) in [5, 5.41) is 7.08. The second kappa shape index (κ2) is 7.01. The average molecular weight is 374 g/mol. The van der Waals surface area contributed by atoms with E-state index in [4.69, 9.17) is 0 Å². The van der Waals surface area contributed by atoms with Gasteiger partial charge in [-0.2, -0.15) is 5.10 Å². The van der Waals surface area contributed by atoms with Crippen LogP contribution in [0.3, 0.4) is 0 Å². The average Bonchev–Trinajstić information content (AvgIpc) is 2.91. The first-order valence-corrected chi connectivity index (χ1v) is 8.60. The van der Waals surface area contributed by atoms with Gasteiger partial charge in [-0.15, -0.1) is 0 Å². The molecule has 2 aromatic heterocycles. The lowest BCUT2D eigenvalue weighted by Gasteiger charge is -2.05. The fourth-order valence-electron chi connectivity index (χ4n) is 1.66. The third-order valence-electron chi connectivity index (χ3n) is 2.70. The molecule has 7 nitrogen and oxygen atoms in total. The summed E-state index contributed by atoms with van der Waals surface area (Å²) in [6.45, 7) is 1.51. The maximum absolute atomic E-state index is 12.2. The van der Waals surface area contributed by atoms with E-state index < -0.39 is 10.0 Å². The third kappa shape index (κ3) is 4.51. The maximum Gasteiger partial charge on any atom is 0.266 e. The standard InChI is InChI=1S/C12H16BrN5O2S/c1-14-5-2-6-18-9-11(8-16-18)21(19,20)17-12-4-3-10(13)7-15-12/h3-4,7-9,14H,2,5-6H2,1H3,(H,15,17). The Balaban J connectivity index is 2.07. The van der Waals surface area contributed by atoms with Gasteiger partial charge in [0.2, 0.25) is 0 Å². The number of hydrogen-bond donors (Lipinski definition) is 2. The van der Waals surface area contributed by atoms with Gasteiger partial charge in [-0.3, -0.25) is 9.40 Å². The minimum atomic E-state index is -3.66. The molecule has 0 aliphatic carbocycles. The third-order valence-corrected chi connectivity index (χ3v) is 4.48. The van der Waals surface area contributed by atoms with Gasteiger partial charge in [0, 0.05) is 23.4 Å². The molecule has 0 amide bonds. The van der Waals surface area contributed by atoms with Crippen LogP contribution in [-0.2, 0) is 16.6 Å². The molecule has 0 aliphatic heterocycles. The minimum absolute atomic E-state index is 0.122. The highest BCUT2D eigenvalue weighted by Crippen LogP contribution is 2.15. The van der Waals surface area contributed by atoms with Crippen LogP contribution in [-0.4, -0.2) is 36.8 Å². The first-order valence-electron chi connectivity index (χ1n) is 6.33. The van der Waals surface area contributed by atoms with E-state index in [-0.39, 0.29) is 10.7 Å². The van der Waals surface area contributed by atoms with Gasteiger partial charge in [0.1, 0.15) is 10.7 Å². The molecule has 2 rings (SSSR count). The van der Waals surface area contributed by atoms with Crippen LogP contribution in [0.15, 0.2) is 40.1 Å². The Labute approximate surface area is 132 Å². The van der Waals surface area contributed by atoms with Crippen molar-refractivity contribution in [2.75, 3.05) is 18.3 Å². The number of nitrogens with one attached hydrogen (secondary N) is 2. The second-order valence-electron chi connectivity index (χ2n) is 4.36. The summed E-state index contributed by atoms with van der Waals surface area (Å²) in [7, 11) is -1.79. The number of halogens is 1. The minimum Gasteiger partial charge on any atom is -0.320 e. The van der Waals surface area contributed by atoms with E-state index >= 15 is 0 Å². The number of pyridine rings is 1. The zero-order valence-electron chi connectivity index (χ0n) is 11.5. The van der Waals surface area contributed by atoms with Crippen LogP contribution >= 0.6 is 15.9 Å². The summed E-state index contributed by atoms with van der Waals surface area (Å²) in [6.07, 6.45) is 5.25. The predicted octanol–water partition coefficient (Wildman–Crippen LogP) is 1.45. The molecule has 0 atom stereocenters. The molecule has 0 spiro atoms. The van der Waals surface area contributed by atoms with Crippen molar-refractivity contribution in [1.82, 2.24) is 20.1 Å². The van der Waals surface area contributed by atoms with E-state index in [1.807, 2.05) is 7.05 Å². The monoisotopic (exact) mass is 373 g/mol. The van der Waals surface area contributed by atoms with Gasteiger partial charge in [0.25, 0.3) is 10.0 Å². The van der Waals surface area contributed by atoms with Crippen molar-refractivity contribution in [2.24, 2.45) is 0 Å². The highest BCUT2D eigenvalue weighted by molar-refractivity contribution is 9.10. The Morgan fingerprint density at radius 1 is 1.33 bits per heavy atom. The van der Waals surface area contributed by atoms with Crippen LogP contribution in [0.2, 0.25) is 0 Å². The van der Waals surface area contributed by atoms with Crippen molar-refractivity contribution in [3.05, 3.63) is 35.2 Å². The molecule has 0 saturated heterocycles. The first-order chi connectivity index (χ1) is 10.0. The Morgan fingerprint density at radius 2 is 2.14 bits per heavy atom. The van der Waals surface area contributed by atoms with Gasteiger partial charge < -0.3 is 5.32 Å². The molecule has 0 fully saturated rings. The maximum atomic E-state index is 12.2. The lowest BCUT2D eigenvalue weighted by atomic mass is 10.4. The van der Waals surface area contributed by atoms with Crippen LogP contribution < -0.4 is 10.0 Å². The van der Waals surface area contributed by atoms with Crippen LogP contribution in [0.4, 0.5) is 5.82 Å². The van der Waals surface area contributed by atoms with Crippen molar-refractivity contribution in [3.63, 3.8) is 0 Å². The predicted molar refractivity (Wildman–Crippen MR) is 83.5 cm³/mol. The van der Waals surface area contributed by atoms with E-state index in [0.29, 0.717) is 6.54 Å². The molecule has 2 N–H and O–H groups in total. The normalized spacial score (nSPS) is 11.5. The smallest absolute Gasteiger partial charge is 0.266 e. The molecule has 21 heavy (non-hydrogen) atoms. The fraction of sp³-hybridized carbons (Fsp3) is 0.333. The molecule has 0 aliphatic rings. The first kappa shape index (κ1) is 15.9. The van der Waals surface area contributed by atoms with Gasteiger partial charge in [0.05, 0.1) is 6.20 Å². The number of nitrogens with zero attached hydrogens (tertiary/aromatic N) is 3. The fourth-order valence-corrected chi connectivity index (χ4v) is 2.85. The molecule has 0 aromatic carbocycles. The number of sulfonamides is 1. The Kier molecular flexibility index (Phi) is 5.32. The van der Waals surface area contributed by atoms with E-state index in [9.17, 15) is 8.42 Å². The van der Waals surface area contributed by atoms with Gasteiger partial charge in [-0.05, 0) is 48.1 Å². The SMILES string of the molecule is CNCCCn1cc(S(=O)(=O)Nc2ccc(Br)cn2)cn1. The number of hydrogen-bond acceptors (Lipinski definition) is 5. The van der Waals surface area contributed by atoms with E-state index in [2.05, 4.69) is 36.1 Å². The van der Waals surface area contributed by atoms with Crippen molar-refractivity contribution in [1.29, 1.82) is 0 Å². The molecule has 2 heterocycles. The molecular formula is C12H16BrN5O2S. The molecule has 2 aromatic rings. The summed E-state index contributed by atoms with van der Waals surface area (Å²) in [5.74, 6) is 0.265. The molecule has 0 bridgehead atoms. The van der Waals surface area contributed by atoms with Crippen LogP contribution in [0, 0.1) is 0 Å². The highest BCUT2D eigenvalue weighted by Gasteiger charge is 2.17. The van der Waals surface area contributed by atoms with Gasteiger partial charge in [0.15, 0.2) is 0 Å². The molecule has 0 saturated carbocycles. The van der Waals surface area contributed by atoms with E-state index in [0.717, 1.165) is 17.4 Å². The van der Waals surface area contributed by atoms with Crippen molar-refractivity contribution >= 4 is 31.8 Å². The van der Waals surface area contributed by atoms with Gasteiger partial charge in [-0.1, -0.05) is 0 Å². The summed E-state index contributed by atoms with van der Waals surface area (Å²) in [5.41, 5.74) is 0. The number of rotatable bonds is 7. The van der Waals surface area contributed by atoms with E-state index in [1.165, 1.54) is 18.6 Å². The van der Waals surface area contributed by atoms with Crippen LogP contribution in [0.5, 0.6) is 0 Å². The zero-order valence-corrected chi connectivity index (χ0v) is 13.9. The highest BCUT2D eigenvalue weighted by atomic mass is 79.9. The zero-order chi connectivity index (χ0) is 15.3. The lowest BCUT2D eigenvalue weighted by molar-refractivity contribution is 0.561. The summed E-state index contributed by atoms with van der Waals surface area (Å²) < 4.78 is 29.2. The van der Waals surface area contributed by atoms with Crippen LogP contribution in [0.1, 0.15) is 6.42 Å². The van der Waals surface area contributed by atoms with Crippen molar-refractivity contribution < 1.29 is 8.42 Å². The van der Waals surface area contributed by atoms with E-state index in [1.54, 1.807) is 16.8 Å². The Bertz CT molecular complexity index is 684. The molecule has 9 heteroatoms. The summed E-state index contributed by atoms with van der Waals surface area (Å²) in [6, 6.07) is 3.30. The topological polar surface area (TPSA) is 88.9 Å². The summed E-state index contributed by atoms with van der Waals surface area (Å²) in [4.78, 5) is 4.11. The molecular weight excluding hydrogens is 358 g/mol. The van der Waals surface area contributed by atoms with Gasteiger partial charge in [-0.25, -0.2) is 13.4 Å². The number of aromatic nitrogens is 3. The molecule has 0 unspecified atom stereocenters.